The maximum atomic E-state index is 12.0. The van der Waals surface area contributed by atoms with Gasteiger partial charge in [0.25, 0.3) is 5.91 Å². The summed E-state index contributed by atoms with van der Waals surface area (Å²) in [7, 11) is 0. The molecule has 0 aliphatic carbocycles. The van der Waals surface area contributed by atoms with Gasteiger partial charge in [0.05, 0.1) is 6.26 Å². The Hall–Kier alpha value is -3.09. The van der Waals surface area contributed by atoms with Gasteiger partial charge in [0, 0.05) is 25.1 Å². The van der Waals surface area contributed by atoms with E-state index in [0.29, 0.717) is 18.5 Å². The minimum Gasteiger partial charge on any atom is -0.459 e. The monoisotopic (exact) mass is 327 g/mol. The SMILES string of the molecule is O=C(NNC(=O)c1ccco1)c1ccc(CN2CCCC2=O)cc1. The van der Waals surface area contributed by atoms with Crippen LogP contribution in [0.4, 0.5) is 0 Å². The molecule has 1 aliphatic heterocycles. The van der Waals surface area contributed by atoms with Crippen LogP contribution < -0.4 is 10.9 Å². The molecule has 24 heavy (non-hydrogen) atoms. The van der Waals surface area contributed by atoms with Crippen molar-refractivity contribution >= 4 is 17.7 Å². The molecule has 0 spiro atoms. The molecule has 0 bridgehead atoms. The first kappa shape index (κ1) is 15.8. The highest BCUT2D eigenvalue weighted by atomic mass is 16.3. The van der Waals surface area contributed by atoms with Crippen molar-refractivity contribution in [3.05, 3.63) is 59.5 Å². The number of hydrazine groups is 1. The van der Waals surface area contributed by atoms with Gasteiger partial charge in [0.1, 0.15) is 0 Å². The van der Waals surface area contributed by atoms with E-state index >= 15 is 0 Å². The van der Waals surface area contributed by atoms with Crippen molar-refractivity contribution in [1.29, 1.82) is 0 Å². The number of amides is 3. The lowest BCUT2D eigenvalue weighted by molar-refractivity contribution is -0.128. The lowest BCUT2D eigenvalue weighted by Gasteiger charge is -2.15. The Kier molecular flexibility index (Phi) is 4.60. The van der Waals surface area contributed by atoms with Crippen LogP contribution in [0.15, 0.2) is 47.1 Å². The molecule has 3 amide bonds. The number of hydrogen-bond donors (Lipinski definition) is 2. The zero-order chi connectivity index (χ0) is 16.9. The first-order valence-corrected chi connectivity index (χ1v) is 7.64. The van der Waals surface area contributed by atoms with Crippen LogP contribution in [0.2, 0.25) is 0 Å². The molecule has 0 atom stereocenters. The highest BCUT2D eigenvalue weighted by molar-refractivity contribution is 5.97. The summed E-state index contributed by atoms with van der Waals surface area (Å²) in [4.78, 5) is 37.1. The molecule has 7 nitrogen and oxygen atoms in total. The lowest BCUT2D eigenvalue weighted by Crippen LogP contribution is -2.41. The van der Waals surface area contributed by atoms with Crippen LogP contribution in [-0.2, 0) is 11.3 Å². The van der Waals surface area contributed by atoms with E-state index in [9.17, 15) is 14.4 Å². The van der Waals surface area contributed by atoms with E-state index in [2.05, 4.69) is 10.9 Å². The zero-order valence-corrected chi connectivity index (χ0v) is 13.0. The molecule has 7 heteroatoms. The Morgan fingerprint density at radius 1 is 1.08 bits per heavy atom. The molecule has 1 aliphatic rings. The van der Waals surface area contributed by atoms with Crippen molar-refractivity contribution in [1.82, 2.24) is 15.8 Å². The summed E-state index contributed by atoms with van der Waals surface area (Å²) in [5.74, 6) is -0.686. The number of carbonyl (C=O) groups is 3. The molecule has 1 aromatic carbocycles. The van der Waals surface area contributed by atoms with Crippen LogP contribution >= 0.6 is 0 Å². The Bertz CT molecular complexity index is 738. The van der Waals surface area contributed by atoms with Gasteiger partial charge in [-0.1, -0.05) is 12.1 Å². The van der Waals surface area contributed by atoms with Gasteiger partial charge in [-0.3, -0.25) is 25.2 Å². The van der Waals surface area contributed by atoms with Crippen LogP contribution in [0.3, 0.4) is 0 Å². The van der Waals surface area contributed by atoms with Crippen LogP contribution in [0.1, 0.15) is 39.3 Å². The zero-order valence-electron chi connectivity index (χ0n) is 13.0. The van der Waals surface area contributed by atoms with Crippen molar-refractivity contribution in [2.24, 2.45) is 0 Å². The van der Waals surface area contributed by atoms with Crippen molar-refractivity contribution in [3.8, 4) is 0 Å². The number of hydrogen-bond acceptors (Lipinski definition) is 4. The molecule has 124 valence electrons. The molecular formula is C17H17N3O4. The van der Waals surface area contributed by atoms with Gasteiger partial charge in [-0.2, -0.15) is 0 Å². The topological polar surface area (TPSA) is 91.7 Å². The third kappa shape index (κ3) is 3.62. The Labute approximate surface area is 138 Å². The second-order valence-corrected chi connectivity index (χ2v) is 5.50. The van der Waals surface area contributed by atoms with E-state index in [4.69, 9.17) is 4.42 Å². The average Bonchev–Trinajstić information content (AvgIpc) is 3.26. The highest BCUT2D eigenvalue weighted by Gasteiger charge is 2.20. The summed E-state index contributed by atoms with van der Waals surface area (Å²) in [5.41, 5.74) is 5.97. The first-order valence-electron chi connectivity index (χ1n) is 7.64. The lowest BCUT2D eigenvalue weighted by atomic mass is 10.1. The maximum Gasteiger partial charge on any atom is 0.305 e. The summed E-state index contributed by atoms with van der Waals surface area (Å²) in [6.07, 6.45) is 2.88. The molecule has 2 aromatic rings. The normalized spacial score (nSPS) is 13.8. The minimum atomic E-state index is -0.530. The molecule has 2 N–H and O–H groups in total. The predicted octanol–water partition coefficient (Wildman–Crippen LogP) is 1.48. The fourth-order valence-corrected chi connectivity index (χ4v) is 2.51. The van der Waals surface area contributed by atoms with Crippen LogP contribution in [0.25, 0.3) is 0 Å². The van der Waals surface area contributed by atoms with Gasteiger partial charge >= 0.3 is 5.91 Å². The average molecular weight is 327 g/mol. The van der Waals surface area contributed by atoms with Gasteiger partial charge in [0.15, 0.2) is 5.76 Å². The molecular weight excluding hydrogens is 310 g/mol. The molecule has 0 unspecified atom stereocenters. The Balaban J connectivity index is 1.53. The quantitative estimate of drug-likeness (QED) is 0.832. The van der Waals surface area contributed by atoms with E-state index in [1.807, 2.05) is 0 Å². The second-order valence-electron chi connectivity index (χ2n) is 5.50. The Morgan fingerprint density at radius 3 is 2.46 bits per heavy atom. The summed E-state index contributed by atoms with van der Waals surface area (Å²) in [6.45, 7) is 1.33. The molecule has 1 saturated heterocycles. The summed E-state index contributed by atoms with van der Waals surface area (Å²) in [5, 5.41) is 0. The number of nitrogens with one attached hydrogen (secondary N) is 2. The molecule has 2 heterocycles. The van der Waals surface area contributed by atoms with Crippen molar-refractivity contribution < 1.29 is 18.8 Å². The number of likely N-dealkylation sites (tertiary alicyclic amines) is 1. The van der Waals surface area contributed by atoms with Gasteiger partial charge < -0.3 is 9.32 Å². The fourth-order valence-electron chi connectivity index (χ4n) is 2.51. The number of rotatable bonds is 4. The molecule has 1 aromatic heterocycles. The molecule has 3 rings (SSSR count). The molecule has 1 fully saturated rings. The van der Waals surface area contributed by atoms with E-state index in [-0.39, 0.29) is 11.7 Å². The van der Waals surface area contributed by atoms with Gasteiger partial charge in [0.2, 0.25) is 5.91 Å². The fraction of sp³-hybridized carbons (Fsp3) is 0.235. The first-order chi connectivity index (χ1) is 11.6. The van der Waals surface area contributed by atoms with Crippen LogP contribution in [0, 0.1) is 0 Å². The second kappa shape index (κ2) is 6.99. The maximum absolute atomic E-state index is 12.0. The van der Waals surface area contributed by atoms with E-state index in [1.165, 1.54) is 12.3 Å². The highest BCUT2D eigenvalue weighted by Crippen LogP contribution is 2.14. The van der Waals surface area contributed by atoms with E-state index < -0.39 is 11.8 Å². The standard InChI is InChI=1S/C17H17N3O4/c21-15-4-1-9-20(15)11-12-5-7-13(8-6-12)16(22)18-19-17(23)14-3-2-10-24-14/h2-3,5-8,10H,1,4,9,11H2,(H,18,22)(H,19,23). The van der Waals surface area contributed by atoms with Crippen molar-refractivity contribution in [2.45, 2.75) is 19.4 Å². The Morgan fingerprint density at radius 2 is 1.83 bits per heavy atom. The smallest absolute Gasteiger partial charge is 0.305 e. The number of carbonyl (C=O) groups excluding carboxylic acids is 3. The van der Waals surface area contributed by atoms with Gasteiger partial charge in [-0.25, -0.2) is 0 Å². The van der Waals surface area contributed by atoms with Crippen molar-refractivity contribution in [2.75, 3.05) is 6.54 Å². The number of furan rings is 1. The van der Waals surface area contributed by atoms with Crippen molar-refractivity contribution in [3.63, 3.8) is 0 Å². The molecule has 0 saturated carbocycles. The van der Waals surface area contributed by atoms with Gasteiger partial charge in [-0.15, -0.1) is 0 Å². The van der Waals surface area contributed by atoms with Gasteiger partial charge in [-0.05, 0) is 36.2 Å². The largest absolute Gasteiger partial charge is 0.459 e. The van der Waals surface area contributed by atoms with Crippen LogP contribution in [-0.4, -0.2) is 29.2 Å². The minimum absolute atomic E-state index is 0.112. The number of nitrogens with zero attached hydrogens (tertiary/aromatic N) is 1. The summed E-state index contributed by atoms with van der Waals surface area (Å²) < 4.78 is 4.93. The predicted molar refractivity (Wildman–Crippen MR) is 84.7 cm³/mol. The van der Waals surface area contributed by atoms with E-state index in [1.54, 1.807) is 35.2 Å². The third-order valence-electron chi connectivity index (χ3n) is 3.80. The summed E-state index contributed by atoms with van der Waals surface area (Å²) >= 11 is 0. The van der Waals surface area contributed by atoms with E-state index in [0.717, 1.165) is 18.5 Å². The third-order valence-corrected chi connectivity index (χ3v) is 3.80. The van der Waals surface area contributed by atoms with Crippen LogP contribution in [0.5, 0.6) is 0 Å². The summed E-state index contributed by atoms with van der Waals surface area (Å²) in [6, 6.07) is 9.99. The molecule has 0 radical (unpaired) electrons. The number of benzene rings is 1.